The minimum atomic E-state index is 0.219. The molecule has 100 valence electrons. The normalized spacial score (nSPS) is 16.6. The Kier molecular flexibility index (Phi) is 5.03. The Labute approximate surface area is 117 Å². The summed E-state index contributed by atoms with van der Waals surface area (Å²) < 4.78 is 0.992. The van der Waals surface area contributed by atoms with Crippen molar-refractivity contribution in [3.05, 3.63) is 28.2 Å². The summed E-state index contributed by atoms with van der Waals surface area (Å²) in [6.07, 6.45) is 5.12. The van der Waals surface area contributed by atoms with E-state index < -0.39 is 0 Å². The lowest BCUT2D eigenvalue weighted by Gasteiger charge is -2.28. The summed E-state index contributed by atoms with van der Waals surface area (Å²) in [5.41, 5.74) is 7.89. The summed E-state index contributed by atoms with van der Waals surface area (Å²) in [5, 5.41) is 9.22. The molecular weight excluding hydrogens is 292 g/mol. The van der Waals surface area contributed by atoms with Gasteiger partial charge < -0.3 is 10.8 Å². The minimum Gasteiger partial charge on any atom is -0.398 e. The zero-order chi connectivity index (χ0) is 13.0. The van der Waals surface area contributed by atoms with Crippen LogP contribution in [0.2, 0.25) is 0 Å². The molecule has 1 aromatic rings. The summed E-state index contributed by atoms with van der Waals surface area (Å²) in [5.74, 6) is 0. The molecule has 4 heteroatoms. The molecular formula is C14H21BrN2O. The molecule has 18 heavy (non-hydrogen) atoms. The Morgan fingerprint density at radius 3 is 2.72 bits per heavy atom. The Bertz CT molecular complexity index is 391. The van der Waals surface area contributed by atoms with Crippen LogP contribution in [0.15, 0.2) is 22.7 Å². The van der Waals surface area contributed by atoms with Crippen molar-refractivity contribution in [2.75, 3.05) is 18.9 Å². The minimum absolute atomic E-state index is 0.219. The fourth-order valence-corrected chi connectivity index (χ4v) is 3.12. The molecule has 0 saturated heterocycles. The lowest BCUT2D eigenvalue weighted by Crippen LogP contribution is -2.35. The molecule has 0 heterocycles. The smallest absolute Gasteiger partial charge is 0.0558 e. The second kappa shape index (κ2) is 6.55. The van der Waals surface area contributed by atoms with Gasteiger partial charge in [0.2, 0.25) is 0 Å². The van der Waals surface area contributed by atoms with Crippen molar-refractivity contribution in [3.63, 3.8) is 0 Å². The van der Waals surface area contributed by atoms with Crippen molar-refractivity contribution in [1.82, 2.24) is 4.90 Å². The molecule has 1 aliphatic rings. The number of anilines is 1. The van der Waals surface area contributed by atoms with Crippen molar-refractivity contribution in [2.45, 2.75) is 38.3 Å². The van der Waals surface area contributed by atoms with Crippen molar-refractivity contribution < 1.29 is 5.11 Å². The molecule has 1 aliphatic carbocycles. The molecule has 0 aromatic heterocycles. The van der Waals surface area contributed by atoms with E-state index in [4.69, 9.17) is 5.73 Å². The molecule has 0 atom stereocenters. The second-order valence-corrected chi connectivity index (χ2v) is 5.75. The van der Waals surface area contributed by atoms with E-state index in [1.807, 2.05) is 12.1 Å². The molecule has 1 saturated carbocycles. The van der Waals surface area contributed by atoms with Gasteiger partial charge >= 0.3 is 0 Å². The Morgan fingerprint density at radius 1 is 1.33 bits per heavy atom. The lowest BCUT2D eigenvalue weighted by molar-refractivity contribution is 0.144. The molecule has 0 aliphatic heterocycles. The molecule has 0 amide bonds. The number of hydrogen-bond acceptors (Lipinski definition) is 3. The number of rotatable bonds is 5. The van der Waals surface area contributed by atoms with E-state index in [9.17, 15) is 5.11 Å². The van der Waals surface area contributed by atoms with Crippen LogP contribution in [-0.4, -0.2) is 29.2 Å². The van der Waals surface area contributed by atoms with Gasteiger partial charge in [-0.25, -0.2) is 0 Å². The van der Waals surface area contributed by atoms with Gasteiger partial charge in [0, 0.05) is 29.3 Å². The number of nitrogens with two attached hydrogens (primary N) is 1. The zero-order valence-electron chi connectivity index (χ0n) is 10.6. The van der Waals surface area contributed by atoms with Gasteiger partial charge in [-0.15, -0.1) is 0 Å². The molecule has 0 unspecified atom stereocenters. The molecule has 1 aromatic carbocycles. The van der Waals surface area contributed by atoms with Crippen LogP contribution in [0, 0.1) is 0 Å². The van der Waals surface area contributed by atoms with E-state index in [1.54, 1.807) is 0 Å². The number of aliphatic hydroxyl groups excluding tert-OH is 1. The summed E-state index contributed by atoms with van der Waals surface area (Å²) in [6, 6.07) is 6.60. The van der Waals surface area contributed by atoms with Gasteiger partial charge in [0.1, 0.15) is 0 Å². The quantitative estimate of drug-likeness (QED) is 0.822. The predicted molar refractivity (Wildman–Crippen MR) is 78.3 cm³/mol. The lowest BCUT2D eigenvalue weighted by atomic mass is 10.1. The maximum atomic E-state index is 9.22. The largest absolute Gasteiger partial charge is 0.398 e. The first-order chi connectivity index (χ1) is 8.72. The number of benzene rings is 1. The Morgan fingerprint density at radius 2 is 2.06 bits per heavy atom. The Balaban J connectivity index is 2.10. The number of nitrogens with zero attached hydrogens (tertiary/aromatic N) is 1. The fraction of sp³-hybridized carbons (Fsp3) is 0.571. The summed E-state index contributed by atoms with van der Waals surface area (Å²) in [4.78, 5) is 2.38. The van der Waals surface area contributed by atoms with Crippen molar-refractivity contribution in [1.29, 1.82) is 0 Å². The van der Waals surface area contributed by atoms with Crippen molar-refractivity contribution in [3.8, 4) is 0 Å². The number of hydrogen-bond donors (Lipinski definition) is 2. The maximum absolute atomic E-state index is 9.22. The standard InChI is InChI=1S/C14H21BrN2O/c15-14-11(4-3-7-13(14)16)10-17(8-9-18)12-5-1-2-6-12/h3-4,7,12,18H,1-2,5-6,8-10,16H2. The first kappa shape index (κ1) is 13.8. The molecule has 3 N–H and O–H groups in total. The van der Waals surface area contributed by atoms with E-state index in [0.717, 1.165) is 23.2 Å². The van der Waals surface area contributed by atoms with Gasteiger partial charge in [-0.05, 0) is 40.4 Å². The van der Waals surface area contributed by atoms with Gasteiger partial charge in [0.25, 0.3) is 0 Å². The third-order valence-corrected chi connectivity index (χ3v) is 4.68. The van der Waals surface area contributed by atoms with E-state index in [0.29, 0.717) is 6.04 Å². The van der Waals surface area contributed by atoms with E-state index in [-0.39, 0.29) is 6.61 Å². The monoisotopic (exact) mass is 312 g/mol. The van der Waals surface area contributed by atoms with Crippen LogP contribution in [0.25, 0.3) is 0 Å². The van der Waals surface area contributed by atoms with E-state index in [1.165, 1.54) is 31.2 Å². The average molecular weight is 313 g/mol. The van der Waals surface area contributed by atoms with Crippen molar-refractivity contribution >= 4 is 21.6 Å². The molecule has 0 radical (unpaired) electrons. The number of aliphatic hydroxyl groups is 1. The average Bonchev–Trinajstić information content (AvgIpc) is 2.88. The van der Waals surface area contributed by atoms with Gasteiger partial charge in [0.15, 0.2) is 0 Å². The SMILES string of the molecule is Nc1cccc(CN(CCO)C2CCCC2)c1Br. The molecule has 0 spiro atoms. The highest BCUT2D eigenvalue weighted by molar-refractivity contribution is 9.10. The van der Waals surface area contributed by atoms with Crippen LogP contribution >= 0.6 is 15.9 Å². The fourth-order valence-electron chi connectivity index (χ4n) is 2.73. The number of halogens is 1. The van der Waals surface area contributed by atoms with Crippen LogP contribution in [0.4, 0.5) is 5.69 Å². The molecule has 0 bridgehead atoms. The topological polar surface area (TPSA) is 49.5 Å². The highest BCUT2D eigenvalue weighted by Gasteiger charge is 2.22. The molecule has 2 rings (SSSR count). The van der Waals surface area contributed by atoms with Crippen molar-refractivity contribution in [2.24, 2.45) is 0 Å². The summed E-state index contributed by atoms with van der Waals surface area (Å²) in [6.45, 7) is 1.82. The van der Waals surface area contributed by atoms with Crippen LogP contribution in [-0.2, 0) is 6.54 Å². The first-order valence-electron chi connectivity index (χ1n) is 6.60. The Hall–Kier alpha value is -0.580. The third-order valence-electron chi connectivity index (χ3n) is 3.71. The van der Waals surface area contributed by atoms with E-state index in [2.05, 4.69) is 26.9 Å². The van der Waals surface area contributed by atoms with Gasteiger partial charge in [-0.2, -0.15) is 0 Å². The van der Waals surface area contributed by atoms with Crippen LogP contribution in [0.3, 0.4) is 0 Å². The second-order valence-electron chi connectivity index (χ2n) is 4.95. The summed E-state index contributed by atoms with van der Waals surface area (Å²) >= 11 is 3.55. The van der Waals surface area contributed by atoms with E-state index >= 15 is 0 Å². The maximum Gasteiger partial charge on any atom is 0.0558 e. The van der Waals surface area contributed by atoms with Gasteiger partial charge in [-0.1, -0.05) is 25.0 Å². The molecule has 1 fully saturated rings. The molecule has 3 nitrogen and oxygen atoms in total. The van der Waals surface area contributed by atoms with Gasteiger partial charge in [0.05, 0.1) is 6.61 Å². The summed E-state index contributed by atoms with van der Waals surface area (Å²) in [7, 11) is 0. The zero-order valence-corrected chi connectivity index (χ0v) is 12.2. The third kappa shape index (κ3) is 3.25. The van der Waals surface area contributed by atoms with Gasteiger partial charge in [-0.3, -0.25) is 4.90 Å². The van der Waals surface area contributed by atoms with Crippen LogP contribution < -0.4 is 5.73 Å². The predicted octanol–water partition coefficient (Wildman–Crippen LogP) is 2.77. The first-order valence-corrected chi connectivity index (χ1v) is 7.39. The highest BCUT2D eigenvalue weighted by atomic mass is 79.9. The number of nitrogen functional groups attached to an aromatic ring is 1. The van der Waals surface area contributed by atoms with Crippen LogP contribution in [0.1, 0.15) is 31.2 Å². The van der Waals surface area contributed by atoms with Crippen LogP contribution in [0.5, 0.6) is 0 Å². The highest BCUT2D eigenvalue weighted by Crippen LogP contribution is 2.28.